The van der Waals surface area contributed by atoms with Crippen LogP contribution in [0.4, 0.5) is 0 Å². The van der Waals surface area contributed by atoms with Gasteiger partial charge in [-0.15, -0.1) is 10.2 Å². The van der Waals surface area contributed by atoms with Gasteiger partial charge in [0.05, 0.1) is 6.10 Å². The van der Waals surface area contributed by atoms with E-state index < -0.39 is 0 Å². The molecule has 0 bridgehead atoms. The first kappa shape index (κ1) is 10.9. The number of halogens is 2. The Morgan fingerprint density at radius 2 is 2.27 bits per heavy atom. The topological polar surface area (TPSA) is 57.1 Å². The number of hydrogen-bond donors (Lipinski definition) is 0. The lowest BCUT2D eigenvalue weighted by Gasteiger charge is -2.10. The molecule has 1 aliphatic heterocycles. The first-order valence-electron chi connectivity index (χ1n) is 4.56. The third-order valence-electron chi connectivity index (χ3n) is 2.02. The van der Waals surface area contributed by atoms with E-state index >= 15 is 0 Å². The number of aromatic nitrogens is 3. The van der Waals surface area contributed by atoms with Crippen LogP contribution in [0, 0.1) is 0 Å². The Bertz CT molecular complexity index is 345. The van der Waals surface area contributed by atoms with Gasteiger partial charge in [0.25, 0.3) is 5.88 Å². The van der Waals surface area contributed by atoms with Gasteiger partial charge in [0.1, 0.15) is 6.61 Å². The Morgan fingerprint density at radius 3 is 3.00 bits per heavy atom. The molecular weight excluding hydrogens is 241 g/mol. The van der Waals surface area contributed by atoms with Crippen molar-refractivity contribution < 1.29 is 9.47 Å². The van der Waals surface area contributed by atoms with Crippen LogP contribution in [0.1, 0.15) is 12.8 Å². The zero-order valence-corrected chi connectivity index (χ0v) is 9.33. The van der Waals surface area contributed by atoms with E-state index in [0.717, 1.165) is 19.4 Å². The molecular formula is C8H9Cl2N3O2. The number of rotatable bonds is 3. The number of nitrogens with zero attached hydrogens (tertiary/aromatic N) is 3. The third-order valence-corrected chi connectivity index (χ3v) is 2.42. The molecule has 0 amide bonds. The van der Waals surface area contributed by atoms with E-state index in [4.69, 9.17) is 32.7 Å². The summed E-state index contributed by atoms with van der Waals surface area (Å²) < 4.78 is 10.7. The zero-order chi connectivity index (χ0) is 10.7. The van der Waals surface area contributed by atoms with Crippen molar-refractivity contribution in [3.63, 3.8) is 0 Å². The van der Waals surface area contributed by atoms with Crippen LogP contribution in [-0.2, 0) is 4.74 Å². The quantitative estimate of drug-likeness (QED) is 0.817. The minimum atomic E-state index is 0.0155. The van der Waals surface area contributed by atoms with Gasteiger partial charge < -0.3 is 9.47 Å². The zero-order valence-electron chi connectivity index (χ0n) is 7.82. The fraction of sp³-hybridized carbons (Fsp3) is 0.625. The van der Waals surface area contributed by atoms with Crippen molar-refractivity contribution in [1.29, 1.82) is 0 Å². The number of hydrogen-bond acceptors (Lipinski definition) is 5. The summed E-state index contributed by atoms with van der Waals surface area (Å²) in [4.78, 5) is 3.82. The van der Waals surface area contributed by atoms with E-state index in [1.165, 1.54) is 0 Å². The van der Waals surface area contributed by atoms with E-state index in [2.05, 4.69) is 15.2 Å². The third kappa shape index (κ3) is 2.90. The standard InChI is InChI=1S/C8H9Cl2N3O2/c9-6-7(11-8(10)13-12-6)15-4-5-2-1-3-14-5/h5H,1-4H2. The minimum Gasteiger partial charge on any atom is -0.473 e. The molecule has 0 N–H and O–H groups in total. The molecule has 0 radical (unpaired) electrons. The van der Waals surface area contributed by atoms with E-state index in [1.54, 1.807) is 0 Å². The highest BCUT2D eigenvalue weighted by Gasteiger charge is 2.17. The highest BCUT2D eigenvalue weighted by molar-refractivity contribution is 6.31. The van der Waals surface area contributed by atoms with E-state index in [0.29, 0.717) is 6.61 Å². The van der Waals surface area contributed by atoms with Crippen molar-refractivity contribution in [1.82, 2.24) is 15.2 Å². The molecule has 0 spiro atoms. The molecule has 7 heteroatoms. The normalized spacial score (nSPS) is 20.5. The molecule has 82 valence electrons. The molecule has 1 aliphatic rings. The van der Waals surface area contributed by atoms with Gasteiger partial charge in [-0.3, -0.25) is 0 Å². The van der Waals surface area contributed by atoms with Crippen LogP contribution in [0.2, 0.25) is 10.4 Å². The fourth-order valence-corrected chi connectivity index (χ4v) is 1.57. The first-order chi connectivity index (χ1) is 7.25. The average Bonchev–Trinajstić information content (AvgIpc) is 2.72. The summed E-state index contributed by atoms with van der Waals surface area (Å²) >= 11 is 11.3. The Morgan fingerprint density at radius 1 is 1.40 bits per heavy atom. The summed E-state index contributed by atoms with van der Waals surface area (Å²) in [6.45, 7) is 1.19. The molecule has 1 fully saturated rings. The maximum Gasteiger partial charge on any atom is 0.257 e. The molecule has 1 aromatic rings. The van der Waals surface area contributed by atoms with E-state index in [1.807, 2.05) is 0 Å². The Hall–Kier alpha value is -0.650. The first-order valence-corrected chi connectivity index (χ1v) is 5.31. The summed E-state index contributed by atoms with van der Waals surface area (Å²) in [5.41, 5.74) is 0. The predicted molar refractivity (Wildman–Crippen MR) is 54.3 cm³/mol. The summed E-state index contributed by atoms with van der Waals surface area (Å²) in [6, 6.07) is 0. The number of ether oxygens (including phenoxy) is 2. The molecule has 1 atom stereocenters. The lowest BCUT2D eigenvalue weighted by atomic mass is 10.2. The summed E-state index contributed by atoms with van der Waals surface area (Å²) in [5.74, 6) is 0.201. The van der Waals surface area contributed by atoms with Crippen LogP contribution in [0.15, 0.2) is 0 Å². The lowest BCUT2D eigenvalue weighted by molar-refractivity contribution is 0.0661. The van der Waals surface area contributed by atoms with Crippen LogP contribution >= 0.6 is 23.2 Å². The van der Waals surface area contributed by atoms with Gasteiger partial charge in [-0.2, -0.15) is 4.98 Å². The molecule has 0 aromatic carbocycles. The Balaban J connectivity index is 1.94. The van der Waals surface area contributed by atoms with Crippen molar-refractivity contribution in [2.75, 3.05) is 13.2 Å². The molecule has 1 saturated heterocycles. The minimum absolute atomic E-state index is 0.0155. The fourth-order valence-electron chi connectivity index (χ4n) is 1.32. The predicted octanol–water partition coefficient (Wildman–Crippen LogP) is 1.74. The summed E-state index contributed by atoms with van der Waals surface area (Å²) in [7, 11) is 0. The van der Waals surface area contributed by atoms with Gasteiger partial charge in [-0.1, -0.05) is 11.6 Å². The largest absolute Gasteiger partial charge is 0.473 e. The smallest absolute Gasteiger partial charge is 0.257 e. The van der Waals surface area contributed by atoms with Crippen LogP contribution in [0.5, 0.6) is 5.88 Å². The van der Waals surface area contributed by atoms with Crippen LogP contribution in [0.3, 0.4) is 0 Å². The SMILES string of the molecule is Clc1nnc(Cl)c(OCC2CCCO2)n1. The maximum atomic E-state index is 5.72. The highest BCUT2D eigenvalue weighted by atomic mass is 35.5. The molecule has 0 saturated carbocycles. The van der Waals surface area contributed by atoms with Gasteiger partial charge >= 0.3 is 0 Å². The van der Waals surface area contributed by atoms with Crippen LogP contribution in [-0.4, -0.2) is 34.5 Å². The van der Waals surface area contributed by atoms with Crippen molar-refractivity contribution in [2.45, 2.75) is 18.9 Å². The van der Waals surface area contributed by atoms with Crippen molar-refractivity contribution in [3.05, 3.63) is 10.4 Å². The molecule has 15 heavy (non-hydrogen) atoms. The van der Waals surface area contributed by atoms with Crippen molar-refractivity contribution in [3.8, 4) is 5.88 Å². The second-order valence-electron chi connectivity index (χ2n) is 3.12. The van der Waals surface area contributed by atoms with Crippen LogP contribution in [0.25, 0.3) is 0 Å². The highest BCUT2D eigenvalue weighted by Crippen LogP contribution is 2.20. The molecule has 2 heterocycles. The van der Waals surface area contributed by atoms with Gasteiger partial charge in [0, 0.05) is 6.61 Å². The second-order valence-corrected chi connectivity index (χ2v) is 3.82. The maximum absolute atomic E-state index is 5.72. The second kappa shape index (κ2) is 4.92. The van der Waals surface area contributed by atoms with E-state index in [-0.39, 0.29) is 22.4 Å². The van der Waals surface area contributed by atoms with Crippen LogP contribution < -0.4 is 4.74 Å². The molecule has 2 rings (SSSR count). The summed E-state index contributed by atoms with van der Waals surface area (Å²) in [5, 5.41) is 7.18. The lowest BCUT2D eigenvalue weighted by Crippen LogP contribution is -2.17. The molecule has 0 aliphatic carbocycles. The van der Waals surface area contributed by atoms with Gasteiger partial charge in [-0.25, -0.2) is 0 Å². The van der Waals surface area contributed by atoms with Crippen molar-refractivity contribution in [2.24, 2.45) is 0 Å². The van der Waals surface area contributed by atoms with E-state index in [9.17, 15) is 0 Å². The van der Waals surface area contributed by atoms with Gasteiger partial charge in [-0.05, 0) is 24.4 Å². The van der Waals surface area contributed by atoms with Gasteiger partial charge in [0.15, 0.2) is 0 Å². The summed E-state index contributed by atoms with van der Waals surface area (Å²) in [6.07, 6.45) is 2.16. The Labute approximate surface area is 96.7 Å². The monoisotopic (exact) mass is 249 g/mol. The molecule has 5 nitrogen and oxygen atoms in total. The van der Waals surface area contributed by atoms with Gasteiger partial charge in [0.2, 0.25) is 10.4 Å². The average molecular weight is 250 g/mol. The van der Waals surface area contributed by atoms with Crippen molar-refractivity contribution >= 4 is 23.2 Å². The molecule has 1 unspecified atom stereocenters. The Kier molecular flexibility index (Phi) is 3.56. The molecule has 1 aromatic heterocycles.